The number of carbonyl (C=O) groups excluding carboxylic acids is 2. The Balaban J connectivity index is 1.30. The van der Waals surface area contributed by atoms with E-state index in [4.69, 9.17) is 10.5 Å². The van der Waals surface area contributed by atoms with Gasteiger partial charge in [0.1, 0.15) is 17.7 Å². The lowest BCUT2D eigenvalue weighted by Crippen LogP contribution is -2.50. The molecule has 0 spiro atoms. The van der Waals surface area contributed by atoms with E-state index in [1.54, 1.807) is 34.1 Å². The lowest BCUT2D eigenvalue weighted by molar-refractivity contribution is 0.0535. The first-order valence-electron chi connectivity index (χ1n) is 13.1. The van der Waals surface area contributed by atoms with Gasteiger partial charge < -0.3 is 25.6 Å². The summed E-state index contributed by atoms with van der Waals surface area (Å²) in [6, 6.07) is 12.0. The Hall–Kier alpha value is -3.89. The second-order valence-corrected chi connectivity index (χ2v) is 9.79. The number of aromatic nitrogens is 1. The fraction of sp³-hybridized carbons (Fsp3) is 0.345. The van der Waals surface area contributed by atoms with Crippen molar-refractivity contribution in [1.82, 2.24) is 20.1 Å². The van der Waals surface area contributed by atoms with Crippen molar-refractivity contribution < 1.29 is 23.1 Å². The summed E-state index contributed by atoms with van der Waals surface area (Å²) in [6.45, 7) is 3.22. The van der Waals surface area contributed by atoms with Crippen molar-refractivity contribution in [2.24, 2.45) is 5.73 Å². The molecule has 0 bridgehead atoms. The number of amides is 2. The van der Waals surface area contributed by atoms with E-state index < -0.39 is 5.82 Å². The van der Waals surface area contributed by atoms with Crippen LogP contribution in [0.1, 0.15) is 32.7 Å². The normalized spacial score (nSPS) is 17.4. The standard InChI is InChI=1S/C29H31F2N5O3/c30-23-3-1-20(2-4-23)26-16-22(17-34-27(26)39-25-6-8-33-18-25)29(38)36-11-9-35(10-12-36)28(37)21-13-19(5-7-32)14-24(31)15-21/h1-4,13-17,25,33H,5-12,18,32H2. The molecule has 204 valence electrons. The number of halogens is 2. The Labute approximate surface area is 225 Å². The fourth-order valence-electron chi connectivity index (χ4n) is 4.95. The number of piperazine rings is 1. The van der Waals surface area contributed by atoms with Gasteiger partial charge in [0, 0.05) is 50.0 Å². The van der Waals surface area contributed by atoms with E-state index >= 15 is 0 Å². The molecule has 39 heavy (non-hydrogen) atoms. The zero-order chi connectivity index (χ0) is 27.4. The lowest BCUT2D eigenvalue weighted by atomic mass is 10.0. The molecule has 10 heteroatoms. The summed E-state index contributed by atoms with van der Waals surface area (Å²) in [6.07, 6.45) is 2.79. The maximum Gasteiger partial charge on any atom is 0.255 e. The molecule has 2 saturated heterocycles. The highest BCUT2D eigenvalue weighted by atomic mass is 19.1. The van der Waals surface area contributed by atoms with Gasteiger partial charge >= 0.3 is 0 Å². The van der Waals surface area contributed by atoms with Gasteiger partial charge in [0.25, 0.3) is 11.8 Å². The highest BCUT2D eigenvalue weighted by Crippen LogP contribution is 2.31. The number of nitrogens with zero attached hydrogens (tertiary/aromatic N) is 3. The SMILES string of the molecule is NCCc1cc(F)cc(C(=O)N2CCN(C(=O)c3cnc(OC4CCNC4)c(-c4ccc(F)cc4)c3)CC2)c1. The number of pyridine rings is 1. The molecule has 2 fully saturated rings. The summed E-state index contributed by atoms with van der Waals surface area (Å²) in [4.78, 5) is 34.2. The lowest BCUT2D eigenvalue weighted by Gasteiger charge is -2.35. The molecule has 3 N–H and O–H groups in total. The van der Waals surface area contributed by atoms with Gasteiger partial charge in [-0.25, -0.2) is 13.8 Å². The first-order valence-corrected chi connectivity index (χ1v) is 13.1. The maximum atomic E-state index is 14.0. The number of nitrogens with one attached hydrogen (secondary N) is 1. The Kier molecular flexibility index (Phi) is 8.13. The van der Waals surface area contributed by atoms with Gasteiger partial charge in [0.05, 0.1) is 5.56 Å². The third-order valence-electron chi connectivity index (χ3n) is 7.04. The predicted octanol–water partition coefficient (Wildman–Crippen LogP) is 2.87. The number of benzene rings is 2. The van der Waals surface area contributed by atoms with Gasteiger partial charge in [0.15, 0.2) is 0 Å². The second-order valence-electron chi connectivity index (χ2n) is 9.79. The molecule has 8 nitrogen and oxygen atoms in total. The molecule has 1 aromatic heterocycles. The molecule has 1 unspecified atom stereocenters. The number of ether oxygens (including phenoxy) is 1. The second kappa shape index (κ2) is 11.9. The van der Waals surface area contributed by atoms with Crippen LogP contribution in [-0.2, 0) is 6.42 Å². The number of hydrogen-bond acceptors (Lipinski definition) is 6. The van der Waals surface area contributed by atoms with Crippen molar-refractivity contribution >= 4 is 11.8 Å². The van der Waals surface area contributed by atoms with E-state index in [1.165, 1.54) is 30.5 Å². The minimum Gasteiger partial charge on any atom is -0.473 e. The van der Waals surface area contributed by atoms with Gasteiger partial charge in [-0.05, 0) is 73.5 Å². The quantitative estimate of drug-likeness (QED) is 0.483. The van der Waals surface area contributed by atoms with Gasteiger partial charge in [-0.3, -0.25) is 9.59 Å². The fourth-order valence-corrected chi connectivity index (χ4v) is 4.95. The van der Waals surface area contributed by atoms with Crippen LogP contribution >= 0.6 is 0 Å². The van der Waals surface area contributed by atoms with E-state index in [-0.39, 0.29) is 29.3 Å². The van der Waals surface area contributed by atoms with Crippen LogP contribution in [0.25, 0.3) is 11.1 Å². The van der Waals surface area contributed by atoms with Crippen molar-refractivity contribution in [1.29, 1.82) is 0 Å². The predicted molar refractivity (Wildman–Crippen MR) is 142 cm³/mol. The molecule has 1 atom stereocenters. The topological polar surface area (TPSA) is 101 Å². The van der Waals surface area contributed by atoms with Crippen LogP contribution in [0.3, 0.4) is 0 Å². The number of nitrogens with two attached hydrogens (primary N) is 1. The van der Waals surface area contributed by atoms with Crippen LogP contribution in [0.4, 0.5) is 8.78 Å². The molecule has 3 heterocycles. The highest BCUT2D eigenvalue weighted by molar-refractivity contribution is 5.97. The van der Waals surface area contributed by atoms with E-state index in [0.29, 0.717) is 73.8 Å². The van der Waals surface area contributed by atoms with Gasteiger partial charge in [-0.2, -0.15) is 0 Å². The third kappa shape index (κ3) is 6.23. The van der Waals surface area contributed by atoms with E-state index in [1.807, 2.05) is 0 Å². The van der Waals surface area contributed by atoms with Crippen LogP contribution in [0.2, 0.25) is 0 Å². The van der Waals surface area contributed by atoms with Crippen LogP contribution < -0.4 is 15.8 Å². The molecule has 5 rings (SSSR count). The molecule has 0 saturated carbocycles. The maximum absolute atomic E-state index is 14.0. The average molecular weight is 536 g/mol. The highest BCUT2D eigenvalue weighted by Gasteiger charge is 2.27. The molecule has 3 aromatic rings. The summed E-state index contributed by atoms with van der Waals surface area (Å²) in [5.41, 5.74) is 8.22. The monoisotopic (exact) mass is 535 g/mol. The summed E-state index contributed by atoms with van der Waals surface area (Å²) in [5.74, 6) is -0.931. The third-order valence-corrected chi connectivity index (χ3v) is 7.04. The Morgan fingerprint density at radius 3 is 2.28 bits per heavy atom. The molecule has 2 amide bonds. The summed E-state index contributed by atoms with van der Waals surface area (Å²) in [5, 5.41) is 3.25. The Morgan fingerprint density at radius 1 is 0.949 bits per heavy atom. The van der Waals surface area contributed by atoms with Crippen molar-refractivity contribution in [3.05, 3.63) is 83.1 Å². The van der Waals surface area contributed by atoms with E-state index in [0.717, 1.165) is 13.0 Å². The van der Waals surface area contributed by atoms with Gasteiger partial charge in [-0.1, -0.05) is 12.1 Å². The number of hydrogen-bond donors (Lipinski definition) is 2. The van der Waals surface area contributed by atoms with E-state index in [9.17, 15) is 18.4 Å². The Morgan fingerprint density at radius 2 is 1.64 bits per heavy atom. The van der Waals surface area contributed by atoms with Crippen molar-refractivity contribution in [3.8, 4) is 17.0 Å². The summed E-state index contributed by atoms with van der Waals surface area (Å²) in [7, 11) is 0. The Bertz CT molecular complexity index is 1340. The average Bonchev–Trinajstić information content (AvgIpc) is 3.46. The molecule has 2 aliphatic rings. The summed E-state index contributed by atoms with van der Waals surface area (Å²) >= 11 is 0. The molecule has 2 aliphatic heterocycles. The van der Waals surface area contributed by atoms with Crippen molar-refractivity contribution in [2.45, 2.75) is 18.9 Å². The van der Waals surface area contributed by atoms with Gasteiger partial charge in [0.2, 0.25) is 5.88 Å². The van der Waals surface area contributed by atoms with Crippen LogP contribution in [0.15, 0.2) is 54.7 Å². The van der Waals surface area contributed by atoms with Gasteiger partial charge in [-0.15, -0.1) is 0 Å². The van der Waals surface area contributed by atoms with Crippen LogP contribution in [0.5, 0.6) is 5.88 Å². The number of carbonyl (C=O) groups is 2. The molecular formula is C29H31F2N5O3. The zero-order valence-corrected chi connectivity index (χ0v) is 21.5. The minimum atomic E-state index is -0.473. The first-order chi connectivity index (χ1) is 18.9. The van der Waals surface area contributed by atoms with E-state index in [2.05, 4.69) is 10.3 Å². The zero-order valence-electron chi connectivity index (χ0n) is 21.5. The van der Waals surface area contributed by atoms with Crippen LogP contribution in [0, 0.1) is 11.6 Å². The first kappa shape index (κ1) is 26.7. The molecular weight excluding hydrogens is 504 g/mol. The van der Waals surface area contributed by atoms with Crippen LogP contribution in [-0.4, -0.2) is 78.5 Å². The van der Waals surface area contributed by atoms with Crippen molar-refractivity contribution in [2.75, 3.05) is 45.8 Å². The number of rotatable bonds is 7. The molecule has 0 radical (unpaired) electrons. The minimum absolute atomic E-state index is 0.0339. The smallest absolute Gasteiger partial charge is 0.255 e. The molecule has 0 aliphatic carbocycles. The largest absolute Gasteiger partial charge is 0.473 e. The van der Waals surface area contributed by atoms with Crippen molar-refractivity contribution in [3.63, 3.8) is 0 Å². The summed E-state index contributed by atoms with van der Waals surface area (Å²) < 4.78 is 33.7. The molecule has 2 aromatic carbocycles.